The lowest BCUT2D eigenvalue weighted by Gasteiger charge is -2.37. The Kier molecular flexibility index (Phi) is 4.31. The first kappa shape index (κ1) is 16.1. The predicted octanol–water partition coefficient (Wildman–Crippen LogP) is 2.17. The summed E-state index contributed by atoms with van der Waals surface area (Å²) in [5.41, 5.74) is 0.298. The molecule has 1 atom stereocenters. The number of imidazole rings is 1. The summed E-state index contributed by atoms with van der Waals surface area (Å²) in [4.78, 5) is 28.7. The first-order valence-corrected chi connectivity index (χ1v) is 7.62. The van der Waals surface area contributed by atoms with Gasteiger partial charge in [0.2, 0.25) is 0 Å². The largest absolute Gasteiger partial charge is 0.444 e. The van der Waals surface area contributed by atoms with E-state index in [0.29, 0.717) is 0 Å². The summed E-state index contributed by atoms with van der Waals surface area (Å²) < 4.78 is 12.0. The zero-order chi connectivity index (χ0) is 17.2. The van der Waals surface area contributed by atoms with Crippen molar-refractivity contribution in [1.29, 1.82) is 0 Å². The van der Waals surface area contributed by atoms with Crippen LogP contribution in [0, 0.1) is 0 Å². The van der Waals surface area contributed by atoms with E-state index in [0.717, 1.165) is 5.56 Å². The van der Waals surface area contributed by atoms with E-state index in [4.69, 9.17) is 9.47 Å². The summed E-state index contributed by atoms with van der Waals surface area (Å²) in [6.07, 6.45) is 4.40. The molecule has 24 heavy (non-hydrogen) atoms. The number of benzene rings is 1. The van der Waals surface area contributed by atoms with Gasteiger partial charge in [0, 0.05) is 0 Å². The highest BCUT2D eigenvalue weighted by molar-refractivity contribution is 6.40. The third kappa shape index (κ3) is 2.88. The highest BCUT2D eigenvalue weighted by Gasteiger charge is 2.41. The Bertz CT molecular complexity index is 762. The number of nitrogens with zero attached hydrogens (tertiary/aromatic N) is 2. The summed E-state index contributed by atoms with van der Waals surface area (Å²) in [5, 5.41) is 0. The lowest BCUT2D eigenvalue weighted by molar-refractivity contribution is -0.190. The van der Waals surface area contributed by atoms with Crippen LogP contribution in [0.3, 0.4) is 0 Å². The first-order valence-electron chi connectivity index (χ1n) is 7.62. The lowest BCUT2D eigenvalue weighted by Crippen LogP contribution is -2.52. The molecular weight excluding hydrogens is 308 g/mol. The zero-order valence-electron chi connectivity index (χ0n) is 13.3. The number of ether oxygens (including phenoxy) is 2. The minimum absolute atomic E-state index is 0.138. The van der Waals surface area contributed by atoms with Crippen LogP contribution >= 0.6 is 0 Å². The molecule has 0 aliphatic carbocycles. The number of ketones is 1. The molecule has 2 aromatic rings. The maximum atomic E-state index is 12.5. The molecule has 0 spiro atoms. The van der Waals surface area contributed by atoms with E-state index in [1.54, 1.807) is 4.57 Å². The number of Topliss-reactive ketones (excluding diaryl/α,β-unsaturated/α-hetero) is 1. The minimum Gasteiger partial charge on any atom is -0.444 e. The Labute approximate surface area is 139 Å². The SMILES string of the molecule is C=CC1(OC(=O)C(=O)c2cncn2[C@H](C)c2ccccc2)COC1. The molecule has 6 heteroatoms. The molecule has 0 amide bonds. The van der Waals surface area contributed by atoms with Gasteiger partial charge in [-0.3, -0.25) is 4.79 Å². The molecule has 0 N–H and O–H groups in total. The fraction of sp³-hybridized carbons (Fsp3) is 0.278. The van der Waals surface area contributed by atoms with Crippen LogP contribution in [-0.4, -0.2) is 40.1 Å². The van der Waals surface area contributed by atoms with Crippen molar-refractivity contribution in [3.05, 3.63) is 66.8 Å². The molecule has 0 bridgehead atoms. The van der Waals surface area contributed by atoms with Crippen LogP contribution in [0.4, 0.5) is 0 Å². The lowest BCUT2D eigenvalue weighted by atomic mass is 10.0. The fourth-order valence-corrected chi connectivity index (χ4v) is 2.54. The quantitative estimate of drug-likeness (QED) is 0.352. The summed E-state index contributed by atoms with van der Waals surface area (Å²) in [6, 6.07) is 9.53. The predicted molar refractivity (Wildman–Crippen MR) is 86.7 cm³/mol. The standard InChI is InChI=1S/C18H18N2O4/c1-3-18(10-23-11-18)24-17(22)16(21)15-9-19-12-20(15)13(2)14-7-5-4-6-8-14/h3-9,12-13H,1,10-11H2,2H3/t13-/m1/s1. The Hall–Kier alpha value is -2.73. The van der Waals surface area contributed by atoms with Gasteiger partial charge in [-0.25, -0.2) is 9.78 Å². The number of carbonyl (C=O) groups is 2. The average Bonchev–Trinajstić information content (AvgIpc) is 3.07. The molecule has 1 aliphatic heterocycles. The van der Waals surface area contributed by atoms with E-state index in [-0.39, 0.29) is 24.9 Å². The number of hydrogen-bond donors (Lipinski definition) is 0. The van der Waals surface area contributed by atoms with E-state index in [9.17, 15) is 9.59 Å². The minimum atomic E-state index is -0.930. The van der Waals surface area contributed by atoms with Gasteiger partial charge in [0.25, 0.3) is 5.78 Å². The van der Waals surface area contributed by atoms with Crippen molar-refractivity contribution < 1.29 is 19.1 Å². The van der Waals surface area contributed by atoms with Gasteiger partial charge in [-0.05, 0) is 18.6 Å². The molecule has 6 nitrogen and oxygen atoms in total. The monoisotopic (exact) mass is 326 g/mol. The van der Waals surface area contributed by atoms with Gasteiger partial charge >= 0.3 is 5.97 Å². The van der Waals surface area contributed by atoms with E-state index in [1.807, 2.05) is 37.3 Å². The Morgan fingerprint density at radius 1 is 1.38 bits per heavy atom. The van der Waals surface area contributed by atoms with Crippen LogP contribution in [-0.2, 0) is 14.3 Å². The molecule has 3 rings (SSSR count). The summed E-state index contributed by atoms with van der Waals surface area (Å²) in [6.45, 7) is 6.00. The molecule has 1 saturated heterocycles. The maximum absolute atomic E-state index is 12.5. The van der Waals surface area contributed by atoms with Gasteiger partial charge in [-0.1, -0.05) is 36.9 Å². The fourth-order valence-electron chi connectivity index (χ4n) is 2.54. The normalized spacial score (nSPS) is 16.7. The molecule has 0 saturated carbocycles. The van der Waals surface area contributed by atoms with Crippen molar-refractivity contribution in [2.75, 3.05) is 13.2 Å². The summed E-state index contributed by atoms with van der Waals surface area (Å²) in [5.74, 6) is -1.66. The van der Waals surface area contributed by atoms with E-state index >= 15 is 0 Å². The van der Waals surface area contributed by atoms with Crippen LogP contribution in [0.2, 0.25) is 0 Å². The van der Waals surface area contributed by atoms with Crippen LogP contribution < -0.4 is 0 Å². The molecular formula is C18H18N2O4. The third-order valence-electron chi connectivity index (χ3n) is 4.14. The van der Waals surface area contributed by atoms with Crippen molar-refractivity contribution in [3.8, 4) is 0 Å². The van der Waals surface area contributed by atoms with Gasteiger partial charge in [0.15, 0.2) is 5.60 Å². The maximum Gasteiger partial charge on any atom is 0.382 e. The molecule has 0 unspecified atom stereocenters. The van der Waals surface area contributed by atoms with Crippen LogP contribution in [0.5, 0.6) is 0 Å². The second-order valence-electron chi connectivity index (χ2n) is 5.75. The highest BCUT2D eigenvalue weighted by Crippen LogP contribution is 2.24. The van der Waals surface area contributed by atoms with Crippen molar-refractivity contribution in [1.82, 2.24) is 9.55 Å². The number of carbonyl (C=O) groups excluding carboxylic acids is 2. The molecule has 124 valence electrons. The summed E-state index contributed by atoms with van der Waals surface area (Å²) >= 11 is 0. The number of hydrogen-bond acceptors (Lipinski definition) is 5. The van der Waals surface area contributed by atoms with Crippen molar-refractivity contribution in [2.45, 2.75) is 18.6 Å². The van der Waals surface area contributed by atoms with E-state index in [1.165, 1.54) is 18.6 Å². The van der Waals surface area contributed by atoms with Crippen molar-refractivity contribution in [2.24, 2.45) is 0 Å². The molecule has 1 fully saturated rings. The van der Waals surface area contributed by atoms with Gasteiger partial charge in [-0.15, -0.1) is 0 Å². The van der Waals surface area contributed by atoms with Crippen molar-refractivity contribution >= 4 is 11.8 Å². The van der Waals surface area contributed by atoms with E-state index < -0.39 is 17.4 Å². The van der Waals surface area contributed by atoms with Crippen molar-refractivity contribution in [3.63, 3.8) is 0 Å². The average molecular weight is 326 g/mol. The number of esters is 1. The second kappa shape index (κ2) is 6.41. The number of aromatic nitrogens is 2. The van der Waals surface area contributed by atoms with Crippen LogP contribution in [0.15, 0.2) is 55.5 Å². The van der Waals surface area contributed by atoms with Gasteiger partial charge in [0.1, 0.15) is 5.69 Å². The molecule has 1 aliphatic rings. The molecule has 1 aromatic carbocycles. The summed E-state index contributed by atoms with van der Waals surface area (Å²) in [7, 11) is 0. The Balaban J connectivity index is 1.80. The highest BCUT2D eigenvalue weighted by atomic mass is 16.6. The third-order valence-corrected chi connectivity index (χ3v) is 4.14. The van der Waals surface area contributed by atoms with E-state index in [2.05, 4.69) is 11.6 Å². The molecule has 1 aromatic heterocycles. The first-order chi connectivity index (χ1) is 11.6. The topological polar surface area (TPSA) is 70.4 Å². The van der Waals surface area contributed by atoms with Gasteiger partial charge in [0.05, 0.1) is 31.8 Å². The number of rotatable bonds is 6. The molecule has 2 heterocycles. The molecule has 0 radical (unpaired) electrons. The van der Waals surface area contributed by atoms with Gasteiger partial charge in [-0.2, -0.15) is 0 Å². The Morgan fingerprint density at radius 2 is 2.08 bits per heavy atom. The Morgan fingerprint density at radius 3 is 2.67 bits per heavy atom. The van der Waals surface area contributed by atoms with Crippen LogP contribution in [0.1, 0.15) is 29.0 Å². The smallest absolute Gasteiger partial charge is 0.382 e. The zero-order valence-corrected chi connectivity index (χ0v) is 13.3. The van der Waals surface area contributed by atoms with Gasteiger partial charge < -0.3 is 14.0 Å². The van der Waals surface area contributed by atoms with Crippen LogP contribution in [0.25, 0.3) is 0 Å². The second-order valence-corrected chi connectivity index (χ2v) is 5.75.